The van der Waals surface area contributed by atoms with Crippen LogP contribution < -0.4 is 10.6 Å². The van der Waals surface area contributed by atoms with E-state index in [-0.39, 0.29) is 12.3 Å². The average molecular weight is 505 g/mol. The predicted octanol–water partition coefficient (Wildman–Crippen LogP) is 7.62. The maximum Gasteiger partial charge on any atom is 0.154 e. The van der Waals surface area contributed by atoms with Crippen LogP contribution in [-0.2, 0) is 0 Å². The van der Waals surface area contributed by atoms with E-state index < -0.39 is 0 Å². The number of nitrogens with zero attached hydrogens (tertiary/aromatic N) is 2. The van der Waals surface area contributed by atoms with E-state index in [1.54, 1.807) is 6.20 Å². The molecule has 0 fully saturated rings. The Kier molecular flexibility index (Phi) is 4.96. The zero-order chi connectivity index (χ0) is 25.8. The van der Waals surface area contributed by atoms with Crippen LogP contribution in [0.5, 0.6) is 0 Å². The topological polar surface area (TPSA) is 62.5 Å². The number of fused-ring (bicyclic) bond motifs is 5. The number of para-hydroxylation sites is 1. The monoisotopic (exact) mass is 504 g/mol. The van der Waals surface area contributed by atoms with Crippen LogP contribution >= 0.6 is 0 Å². The molecule has 1 aliphatic heterocycles. The molecule has 0 saturated heterocycles. The summed E-state index contributed by atoms with van der Waals surface area (Å²) in [5.41, 5.74) is 4.80. The van der Waals surface area contributed by atoms with E-state index in [4.69, 9.17) is 9.41 Å². The lowest BCUT2D eigenvalue weighted by Crippen LogP contribution is -2.45. The van der Waals surface area contributed by atoms with E-state index in [1.807, 2.05) is 24.4 Å². The van der Waals surface area contributed by atoms with Gasteiger partial charge in [-0.3, -0.25) is 10.3 Å². The van der Waals surface area contributed by atoms with E-state index >= 15 is 0 Å². The van der Waals surface area contributed by atoms with Crippen LogP contribution in [-0.4, -0.2) is 10.8 Å². The first-order chi connectivity index (χ1) is 19.3. The molecule has 5 heteroatoms. The molecule has 0 aliphatic carbocycles. The second-order valence-electron chi connectivity index (χ2n) is 9.99. The summed E-state index contributed by atoms with van der Waals surface area (Å²) >= 11 is 0. The molecule has 0 saturated carbocycles. The van der Waals surface area contributed by atoms with Gasteiger partial charge < -0.3 is 9.73 Å². The standard InChI is InChI=1S/C34H24N4O/c1-3-9-23-17-25(15-13-21(23)7-1)32-36-33(26-16-14-22-8-2-4-10-24(22)18-26)38-34(37-32)28-19-35-20-30-31(28)27-11-5-6-12-29(27)39-30/h1-20,32,34,37H,(H,36,38). The van der Waals surface area contributed by atoms with Crippen LogP contribution in [0, 0.1) is 0 Å². The van der Waals surface area contributed by atoms with Crippen molar-refractivity contribution in [2.24, 2.45) is 4.99 Å². The normalized spacial score (nSPS) is 17.5. The first-order valence-corrected chi connectivity index (χ1v) is 13.1. The van der Waals surface area contributed by atoms with Crippen LogP contribution in [0.15, 0.2) is 131 Å². The van der Waals surface area contributed by atoms with Crippen molar-refractivity contribution >= 4 is 49.3 Å². The quantitative estimate of drug-likeness (QED) is 0.260. The Morgan fingerprint density at radius 1 is 0.641 bits per heavy atom. The third kappa shape index (κ3) is 3.75. The minimum Gasteiger partial charge on any atom is -0.454 e. The number of aromatic nitrogens is 1. The van der Waals surface area contributed by atoms with Crippen molar-refractivity contribution in [1.82, 2.24) is 15.6 Å². The highest BCUT2D eigenvalue weighted by atomic mass is 16.3. The fraction of sp³-hybridized carbons (Fsp3) is 0.0588. The Balaban J connectivity index is 1.29. The Morgan fingerprint density at radius 2 is 1.36 bits per heavy atom. The third-order valence-electron chi connectivity index (χ3n) is 7.60. The lowest BCUT2D eigenvalue weighted by Gasteiger charge is -2.32. The molecule has 0 spiro atoms. The minimum absolute atomic E-state index is 0.238. The van der Waals surface area contributed by atoms with Gasteiger partial charge in [-0.05, 0) is 45.3 Å². The number of amidine groups is 1. The largest absolute Gasteiger partial charge is 0.454 e. The first kappa shape index (κ1) is 22.0. The molecular weight excluding hydrogens is 480 g/mol. The summed E-state index contributed by atoms with van der Waals surface area (Å²) in [6, 6.07) is 38.0. The zero-order valence-corrected chi connectivity index (χ0v) is 21.0. The third-order valence-corrected chi connectivity index (χ3v) is 7.60. The number of hydrogen-bond donors (Lipinski definition) is 2. The molecule has 7 aromatic rings. The summed E-state index contributed by atoms with van der Waals surface area (Å²) in [6.45, 7) is 0. The van der Waals surface area contributed by atoms with Crippen LogP contribution in [0.25, 0.3) is 43.5 Å². The molecule has 2 unspecified atom stereocenters. The van der Waals surface area contributed by atoms with Crippen molar-refractivity contribution in [3.8, 4) is 0 Å². The summed E-state index contributed by atoms with van der Waals surface area (Å²) in [4.78, 5) is 9.74. The number of furan rings is 1. The fourth-order valence-electron chi connectivity index (χ4n) is 5.67. The van der Waals surface area contributed by atoms with Gasteiger partial charge in [-0.2, -0.15) is 0 Å². The van der Waals surface area contributed by atoms with Gasteiger partial charge in [0.25, 0.3) is 0 Å². The predicted molar refractivity (Wildman–Crippen MR) is 158 cm³/mol. The van der Waals surface area contributed by atoms with Gasteiger partial charge in [-0.1, -0.05) is 91.0 Å². The van der Waals surface area contributed by atoms with Crippen LogP contribution in [0.4, 0.5) is 0 Å². The van der Waals surface area contributed by atoms with Crippen molar-refractivity contribution in [2.45, 2.75) is 12.3 Å². The maximum atomic E-state index is 6.15. The van der Waals surface area contributed by atoms with Crippen LogP contribution in [0.2, 0.25) is 0 Å². The average Bonchev–Trinajstić information content (AvgIpc) is 3.39. The molecule has 2 atom stereocenters. The smallest absolute Gasteiger partial charge is 0.154 e. The highest BCUT2D eigenvalue weighted by Crippen LogP contribution is 2.35. The van der Waals surface area contributed by atoms with Crippen molar-refractivity contribution < 1.29 is 4.42 Å². The second-order valence-corrected chi connectivity index (χ2v) is 9.99. The SMILES string of the molecule is c1ccc2cc(C3=NC(c4ccc5ccccc5c4)NC(c4cncc5oc6ccccc6c45)N3)ccc2c1. The van der Waals surface area contributed by atoms with Crippen molar-refractivity contribution in [3.05, 3.63) is 138 Å². The number of hydrogen-bond acceptors (Lipinski definition) is 5. The molecule has 8 rings (SSSR count). The molecule has 0 amide bonds. The van der Waals surface area contributed by atoms with Crippen molar-refractivity contribution in [1.29, 1.82) is 0 Å². The van der Waals surface area contributed by atoms with Gasteiger partial charge in [0, 0.05) is 28.1 Å². The van der Waals surface area contributed by atoms with E-state index in [0.29, 0.717) is 0 Å². The van der Waals surface area contributed by atoms with Crippen LogP contribution in [0.1, 0.15) is 29.0 Å². The van der Waals surface area contributed by atoms with E-state index in [2.05, 4.69) is 107 Å². The van der Waals surface area contributed by atoms with Crippen molar-refractivity contribution in [2.75, 3.05) is 0 Å². The number of pyridine rings is 1. The molecule has 3 heterocycles. The summed E-state index contributed by atoms with van der Waals surface area (Å²) in [5.74, 6) is 0.840. The number of benzene rings is 5. The molecule has 2 N–H and O–H groups in total. The van der Waals surface area contributed by atoms with Gasteiger partial charge in [0.15, 0.2) is 5.58 Å². The van der Waals surface area contributed by atoms with Crippen LogP contribution in [0.3, 0.4) is 0 Å². The molecule has 39 heavy (non-hydrogen) atoms. The van der Waals surface area contributed by atoms with Gasteiger partial charge in [0.05, 0.1) is 6.20 Å². The second kappa shape index (κ2) is 8.79. The van der Waals surface area contributed by atoms with Gasteiger partial charge >= 0.3 is 0 Å². The zero-order valence-electron chi connectivity index (χ0n) is 21.0. The number of nitrogens with one attached hydrogen (secondary N) is 2. The molecule has 1 aliphatic rings. The highest BCUT2D eigenvalue weighted by Gasteiger charge is 2.28. The summed E-state index contributed by atoms with van der Waals surface area (Å²) in [7, 11) is 0. The van der Waals surface area contributed by atoms with E-state index in [0.717, 1.165) is 44.5 Å². The van der Waals surface area contributed by atoms with Gasteiger partial charge in [-0.15, -0.1) is 0 Å². The first-order valence-electron chi connectivity index (χ1n) is 13.1. The lowest BCUT2D eigenvalue weighted by molar-refractivity contribution is 0.410. The number of aliphatic imine (C=N–C) groups is 1. The van der Waals surface area contributed by atoms with Gasteiger partial charge in [0.1, 0.15) is 23.8 Å². The molecule has 5 aromatic carbocycles. The lowest BCUT2D eigenvalue weighted by atomic mass is 10.0. The minimum atomic E-state index is -0.254. The molecular formula is C34H24N4O. The highest BCUT2D eigenvalue weighted by molar-refractivity contribution is 6.07. The Labute approximate surface area is 224 Å². The summed E-state index contributed by atoms with van der Waals surface area (Å²) in [5, 5.41) is 14.4. The van der Waals surface area contributed by atoms with E-state index in [1.165, 1.54) is 21.5 Å². The molecule has 0 radical (unpaired) electrons. The molecule has 2 aromatic heterocycles. The maximum absolute atomic E-state index is 6.15. The Bertz CT molecular complexity index is 2060. The number of rotatable bonds is 3. The molecule has 0 bridgehead atoms. The molecule has 5 nitrogen and oxygen atoms in total. The van der Waals surface area contributed by atoms with Gasteiger partial charge in [0.2, 0.25) is 0 Å². The van der Waals surface area contributed by atoms with E-state index in [9.17, 15) is 0 Å². The van der Waals surface area contributed by atoms with Gasteiger partial charge in [-0.25, -0.2) is 4.99 Å². The summed E-state index contributed by atoms with van der Waals surface area (Å²) in [6.07, 6.45) is 3.23. The fourth-order valence-corrected chi connectivity index (χ4v) is 5.67. The summed E-state index contributed by atoms with van der Waals surface area (Å²) < 4.78 is 6.15. The Hall–Kier alpha value is -5.00. The Morgan fingerprint density at radius 3 is 2.21 bits per heavy atom. The molecule has 186 valence electrons. The van der Waals surface area contributed by atoms with Crippen molar-refractivity contribution in [3.63, 3.8) is 0 Å².